The molecule has 1 aromatic heterocycles. The number of amides is 3. The lowest BCUT2D eigenvalue weighted by atomic mass is 9.90. The molecular formula is C35H39F7N4O6S. The fourth-order valence-corrected chi connectivity index (χ4v) is 7.30. The summed E-state index contributed by atoms with van der Waals surface area (Å²) in [4.78, 5) is 47.9. The van der Waals surface area contributed by atoms with Crippen LogP contribution in [-0.2, 0) is 25.7 Å². The van der Waals surface area contributed by atoms with Gasteiger partial charge in [0.15, 0.2) is 0 Å². The predicted octanol–water partition coefficient (Wildman–Crippen LogP) is 7.64. The Balaban J connectivity index is 1.61. The predicted molar refractivity (Wildman–Crippen MR) is 181 cm³/mol. The molecule has 2 heterocycles. The average molecular weight is 777 g/mol. The number of methoxy groups -OCH3 is 1. The van der Waals surface area contributed by atoms with Crippen molar-refractivity contribution in [3.63, 3.8) is 0 Å². The van der Waals surface area contributed by atoms with Gasteiger partial charge in [-0.3, -0.25) is 24.4 Å². The van der Waals surface area contributed by atoms with E-state index in [2.05, 4.69) is 4.98 Å². The number of hydrogen-bond acceptors (Lipinski definition) is 7. The van der Waals surface area contributed by atoms with Crippen molar-refractivity contribution in [2.24, 2.45) is 0 Å². The van der Waals surface area contributed by atoms with Gasteiger partial charge in [-0.25, -0.2) is 13.6 Å². The van der Waals surface area contributed by atoms with Gasteiger partial charge in [-0.15, -0.1) is 0 Å². The van der Waals surface area contributed by atoms with Crippen molar-refractivity contribution < 1.29 is 57.2 Å². The second kappa shape index (κ2) is 14.8. The summed E-state index contributed by atoms with van der Waals surface area (Å²) in [6.45, 7) is -1.30. The second-order valence-corrected chi connectivity index (χ2v) is 15.4. The number of ether oxygens (including phenoxy) is 2. The molecule has 0 radical (unpaired) electrons. The Morgan fingerprint density at radius 3 is 2.21 bits per heavy atom. The quantitative estimate of drug-likeness (QED) is 0.188. The summed E-state index contributed by atoms with van der Waals surface area (Å²) in [7, 11) is -8.85. The summed E-state index contributed by atoms with van der Waals surface area (Å²) in [5.41, 5.74) is 0.218. The van der Waals surface area contributed by atoms with Crippen LogP contribution in [0, 0.1) is 0 Å². The first kappa shape index (κ1) is 39.8. The molecule has 1 saturated carbocycles. The minimum absolute atomic E-state index is 0.0196. The molecule has 3 aromatic rings. The van der Waals surface area contributed by atoms with Crippen LogP contribution in [0.25, 0.3) is 0 Å². The van der Waals surface area contributed by atoms with E-state index in [0.717, 1.165) is 14.7 Å². The van der Waals surface area contributed by atoms with Crippen molar-refractivity contribution in [2.45, 2.75) is 73.8 Å². The smallest absolute Gasteiger partial charge is 0.410 e. The van der Waals surface area contributed by atoms with Crippen LogP contribution in [0.3, 0.4) is 0 Å². The molecule has 290 valence electrons. The first-order valence-corrected chi connectivity index (χ1v) is 18.6. The van der Waals surface area contributed by atoms with E-state index < -0.39 is 88.3 Å². The molecule has 2 aliphatic rings. The number of aliphatic hydroxyl groups is 1. The lowest BCUT2D eigenvalue weighted by Crippen LogP contribution is -2.55. The molecule has 1 saturated heterocycles. The first-order valence-electron chi connectivity index (χ1n) is 16.7. The van der Waals surface area contributed by atoms with Crippen LogP contribution in [0.15, 0.2) is 84.0 Å². The number of alkyl halides is 2. The number of pyridine rings is 1. The van der Waals surface area contributed by atoms with Crippen molar-refractivity contribution in [1.82, 2.24) is 14.8 Å². The molecule has 3 atom stereocenters. The van der Waals surface area contributed by atoms with Gasteiger partial charge in [-0.2, -0.15) is 0 Å². The van der Waals surface area contributed by atoms with Crippen LogP contribution in [0.2, 0.25) is 0 Å². The van der Waals surface area contributed by atoms with Crippen LogP contribution in [0.4, 0.5) is 38.7 Å². The highest BCUT2D eigenvalue weighted by Gasteiger charge is 2.65. The molecule has 1 aliphatic heterocycles. The monoisotopic (exact) mass is 776 g/mol. The molecule has 53 heavy (non-hydrogen) atoms. The highest BCUT2D eigenvalue weighted by atomic mass is 32.5. The molecule has 10 nitrogen and oxygen atoms in total. The third-order valence-electron chi connectivity index (χ3n) is 9.36. The fourth-order valence-electron chi connectivity index (χ4n) is 6.65. The van der Waals surface area contributed by atoms with Crippen LogP contribution in [0.5, 0.6) is 0 Å². The van der Waals surface area contributed by atoms with Crippen molar-refractivity contribution in [2.75, 3.05) is 31.7 Å². The number of halogens is 7. The number of anilines is 1. The maximum absolute atomic E-state index is 14.9. The van der Waals surface area contributed by atoms with E-state index in [1.165, 1.54) is 31.6 Å². The summed E-state index contributed by atoms with van der Waals surface area (Å²) < 4.78 is 108. The number of hydrogen-bond donors (Lipinski definition) is 1. The van der Waals surface area contributed by atoms with E-state index in [1.807, 2.05) is 0 Å². The fraction of sp³-hybridized carbons (Fsp3) is 0.429. The number of benzene rings is 2. The van der Waals surface area contributed by atoms with Gasteiger partial charge in [-0.05, 0) is 48.7 Å². The van der Waals surface area contributed by atoms with E-state index in [4.69, 9.17) is 9.47 Å². The van der Waals surface area contributed by atoms with E-state index in [1.54, 1.807) is 30.3 Å². The minimum Gasteiger partial charge on any atom is -0.445 e. The van der Waals surface area contributed by atoms with Gasteiger partial charge in [0.05, 0.1) is 19.3 Å². The molecule has 5 rings (SSSR count). The summed E-state index contributed by atoms with van der Waals surface area (Å²) >= 11 is 0. The zero-order valence-corrected chi connectivity index (χ0v) is 29.3. The van der Waals surface area contributed by atoms with E-state index in [-0.39, 0.29) is 56.7 Å². The highest BCUT2D eigenvalue weighted by Crippen LogP contribution is 3.02. The topological polar surface area (TPSA) is 113 Å². The molecule has 0 bridgehead atoms. The Kier molecular flexibility index (Phi) is 11.1. The van der Waals surface area contributed by atoms with Crippen molar-refractivity contribution in [1.29, 1.82) is 0 Å². The Bertz CT molecular complexity index is 1750. The average Bonchev–Trinajstić information content (AvgIpc) is 3.56. The van der Waals surface area contributed by atoms with Crippen molar-refractivity contribution >= 4 is 33.8 Å². The lowest BCUT2D eigenvalue weighted by molar-refractivity contribution is -0.140. The number of carbonyl (C=O) groups is 3. The summed E-state index contributed by atoms with van der Waals surface area (Å²) in [5.74, 6) is -4.91. The Morgan fingerprint density at radius 2 is 1.64 bits per heavy atom. The minimum atomic E-state index is -10.2. The van der Waals surface area contributed by atoms with Gasteiger partial charge in [0.2, 0.25) is 5.92 Å². The molecule has 1 N–H and O–H groups in total. The normalized spacial score (nSPS) is 20.9. The van der Waals surface area contributed by atoms with Gasteiger partial charge in [0.25, 0.3) is 11.8 Å². The van der Waals surface area contributed by atoms with E-state index >= 15 is 0 Å². The van der Waals surface area contributed by atoms with Crippen LogP contribution in [0.1, 0.15) is 49.3 Å². The molecular weight excluding hydrogens is 737 g/mol. The Labute approximate surface area is 301 Å². The molecule has 18 heteroatoms. The highest BCUT2D eigenvalue weighted by molar-refractivity contribution is 8.45. The maximum atomic E-state index is 14.9. The van der Waals surface area contributed by atoms with Gasteiger partial charge >= 0.3 is 16.3 Å². The number of likely N-dealkylation sites (tertiary alicyclic amines) is 1. The largest absolute Gasteiger partial charge is 0.445 e. The zero-order valence-electron chi connectivity index (χ0n) is 28.5. The van der Waals surface area contributed by atoms with E-state index in [9.17, 15) is 47.7 Å². The van der Waals surface area contributed by atoms with Crippen molar-refractivity contribution in [3.05, 3.63) is 90.3 Å². The van der Waals surface area contributed by atoms with E-state index in [0.29, 0.717) is 17.7 Å². The van der Waals surface area contributed by atoms with Crippen molar-refractivity contribution in [3.8, 4) is 0 Å². The molecule has 1 aliphatic carbocycles. The lowest BCUT2D eigenvalue weighted by Gasteiger charge is -2.42. The second-order valence-electron chi connectivity index (χ2n) is 13.0. The summed E-state index contributed by atoms with van der Waals surface area (Å²) in [6, 6.07) is 8.77. The number of aliphatic hydroxyl groups excluding tert-OH is 1. The van der Waals surface area contributed by atoms with Crippen LogP contribution >= 0.6 is 10.2 Å². The van der Waals surface area contributed by atoms with Gasteiger partial charge < -0.3 is 19.5 Å². The first-order chi connectivity index (χ1) is 24.8. The summed E-state index contributed by atoms with van der Waals surface area (Å²) in [6.07, 6.45) is -0.732. The molecule has 3 unspecified atom stereocenters. The molecule has 2 aromatic carbocycles. The third-order valence-corrected chi connectivity index (χ3v) is 10.5. The van der Waals surface area contributed by atoms with Crippen LogP contribution < -0.4 is 4.90 Å². The van der Waals surface area contributed by atoms with Gasteiger partial charge in [-0.1, -0.05) is 55.8 Å². The zero-order chi connectivity index (χ0) is 38.7. The number of carbonyl (C=O) groups excluding carboxylic acids is 3. The third kappa shape index (κ3) is 9.58. The maximum Gasteiger partial charge on any atom is 0.410 e. The Hall–Kier alpha value is -4.42. The Morgan fingerprint density at radius 1 is 0.981 bits per heavy atom. The number of aromatic nitrogens is 1. The molecule has 3 amide bonds. The molecule has 0 spiro atoms. The van der Waals surface area contributed by atoms with Gasteiger partial charge in [0.1, 0.15) is 23.6 Å². The summed E-state index contributed by atoms with van der Waals surface area (Å²) in [5, 5.41) is 9.97. The van der Waals surface area contributed by atoms with Gasteiger partial charge in [0, 0.05) is 62.6 Å². The van der Waals surface area contributed by atoms with Crippen LogP contribution in [-0.4, -0.2) is 88.7 Å². The SMILES string of the molecule is COC1CC(C(=O)N(c2ccc(S(F)(F)(F)(F)F)cc2)C(C(=O)N(CCO)C2CCC(F)(F)CC2)c2cccnc2)N(C(=O)OCc2ccccc2)C1. The standard InChI is InChI=1S/C35H39F7N4O6S/c1-51-28-20-30(45(22-28)34(50)52-23-24-6-3-2-4-7-24)32(48)46(27-9-11-29(12-10-27)53(38,39,40,41)42)31(25-8-5-17-43-21-25)33(49)44(18-19-47)26-13-15-35(36,37)16-14-26/h2-12,17,21,26,28,30-31,47H,13-16,18-20,22-23H2,1H3. The molecule has 2 fully saturated rings. The number of rotatable bonds is 12. The number of nitrogens with zero attached hydrogens (tertiary/aromatic N) is 4.